The zero-order valence-electron chi connectivity index (χ0n) is 8.47. The molecule has 2 rings (SSSR count). The Morgan fingerprint density at radius 2 is 2.56 bits per heavy atom. The van der Waals surface area contributed by atoms with Gasteiger partial charge in [0.1, 0.15) is 12.8 Å². The van der Waals surface area contributed by atoms with Crippen LogP contribution >= 0.6 is 12.2 Å². The summed E-state index contributed by atoms with van der Waals surface area (Å²) < 4.78 is 11.4. The molecule has 6 nitrogen and oxygen atoms in total. The molecule has 0 aliphatic heterocycles. The number of rotatable bonds is 3. The van der Waals surface area contributed by atoms with Crippen molar-refractivity contribution in [3.05, 3.63) is 23.4 Å². The predicted octanol–water partition coefficient (Wildman–Crippen LogP) is 1.37. The van der Waals surface area contributed by atoms with Crippen LogP contribution in [0, 0.1) is 4.77 Å². The van der Waals surface area contributed by atoms with Crippen molar-refractivity contribution in [1.29, 1.82) is 0 Å². The minimum absolute atomic E-state index is 0.0202. The lowest BCUT2D eigenvalue weighted by Crippen LogP contribution is -2.12. The van der Waals surface area contributed by atoms with Gasteiger partial charge in [-0.15, -0.1) is 0 Å². The van der Waals surface area contributed by atoms with E-state index in [1.54, 1.807) is 10.6 Å². The Labute approximate surface area is 95.8 Å². The Bertz CT molecular complexity index is 541. The van der Waals surface area contributed by atoms with Crippen molar-refractivity contribution in [2.45, 2.75) is 6.54 Å². The molecule has 0 aliphatic rings. The molecule has 2 aromatic rings. The van der Waals surface area contributed by atoms with Crippen molar-refractivity contribution in [3.63, 3.8) is 0 Å². The molecular weight excluding hydrogens is 230 g/mol. The van der Waals surface area contributed by atoms with Gasteiger partial charge in [-0.05, 0) is 18.3 Å². The maximum atomic E-state index is 11.2. The van der Waals surface area contributed by atoms with E-state index in [2.05, 4.69) is 14.9 Å². The van der Waals surface area contributed by atoms with Crippen molar-refractivity contribution >= 4 is 18.2 Å². The molecule has 0 aliphatic carbocycles. The van der Waals surface area contributed by atoms with Crippen LogP contribution in [-0.2, 0) is 16.1 Å². The lowest BCUT2D eigenvalue weighted by atomic mass is 10.3. The van der Waals surface area contributed by atoms with Crippen LogP contribution in [0.5, 0.6) is 0 Å². The van der Waals surface area contributed by atoms with Gasteiger partial charge in [0, 0.05) is 0 Å². The van der Waals surface area contributed by atoms with E-state index in [9.17, 15) is 4.79 Å². The van der Waals surface area contributed by atoms with Gasteiger partial charge in [-0.3, -0.25) is 14.5 Å². The first kappa shape index (κ1) is 10.6. The quantitative estimate of drug-likeness (QED) is 0.647. The van der Waals surface area contributed by atoms with Crippen LogP contribution in [0.4, 0.5) is 0 Å². The van der Waals surface area contributed by atoms with Gasteiger partial charge in [0.2, 0.25) is 0 Å². The Morgan fingerprint density at radius 1 is 1.75 bits per heavy atom. The maximum Gasteiger partial charge on any atom is 0.325 e. The van der Waals surface area contributed by atoms with E-state index < -0.39 is 0 Å². The van der Waals surface area contributed by atoms with Crippen molar-refractivity contribution in [2.75, 3.05) is 7.11 Å². The highest BCUT2D eigenvalue weighted by molar-refractivity contribution is 7.71. The first-order valence-corrected chi connectivity index (χ1v) is 4.88. The second kappa shape index (κ2) is 4.31. The fourth-order valence-electron chi connectivity index (χ4n) is 1.27. The number of furan rings is 1. The van der Waals surface area contributed by atoms with E-state index in [0.29, 0.717) is 10.6 Å². The Kier molecular flexibility index (Phi) is 2.86. The van der Waals surface area contributed by atoms with E-state index >= 15 is 0 Å². The third-order valence-electron chi connectivity index (χ3n) is 2.05. The third-order valence-corrected chi connectivity index (χ3v) is 2.36. The van der Waals surface area contributed by atoms with Crippen molar-refractivity contribution in [3.8, 4) is 11.4 Å². The molecule has 1 N–H and O–H groups in total. The second-order valence-corrected chi connectivity index (χ2v) is 3.41. The summed E-state index contributed by atoms with van der Waals surface area (Å²) in [5, 5.41) is 6.64. The van der Waals surface area contributed by atoms with Gasteiger partial charge < -0.3 is 9.15 Å². The van der Waals surface area contributed by atoms with Crippen LogP contribution < -0.4 is 0 Å². The smallest absolute Gasteiger partial charge is 0.325 e. The SMILES string of the molecule is COC(=O)Cn1c(-c2ccoc2)n[nH]c1=S. The molecule has 0 saturated carbocycles. The average Bonchev–Trinajstić information content (AvgIpc) is 2.89. The Balaban J connectivity index is 2.41. The fraction of sp³-hybridized carbons (Fsp3) is 0.222. The molecule has 0 radical (unpaired) electrons. The van der Waals surface area contributed by atoms with Gasteiger partial charge in [-0.25, -0.2) is 0 Å². The standard InChI is InChI=1S/C9H9N3O3S/c1-14-7(13)4-12-8(10-11-9(12)16)6-2-3-15-5-6/h2-3,5H,4H2,1H3,(H,11,16). The highest BCUT2D eigenvalue weighted by Crippen LogP contribution is 2.17. The second-order valence-electron chi connectivity index (χ2n) is 3.03. The monoisotopic (exact) mass is 239 g/mol. The number of carbonyl (C=O) groups excluding carboxylic acids is 1. The lowest BCUT2D eigenvalue weighted by Gasteiger charge is -2.02. The van der Waals surface area contributed by atoms with E-state index in [1.807, 2.05) is 0 Å². The summed E-state index contributed by atoms with van der Waals surface area (Å²) in [6, 6.07) is 1.73. The van der Waals surface area contributed by atoms with E-state index in [0.717, 1.165) is 5.56 Å². The number of H-pyrrole nitrogens is 1. The normalized spacial score (nSPS) is 10.3. The number of aromatic amines is 1. The summed E-state index contributed by atoms with van der Waals surface area (Å²) in [5.74, 6) is 0.159. The summed E-state index contributed by atoms with van der Waals surface area (Å²) in [4.78, 5) is 11.2. The van der Waals surface area contributed by atoms with E-state index in [1.165, 1.54) is 19.6 Å². The van der Waals surface area contributed by atoms with Gasteiger partial charge in [-0.2, -0.15) is 5.10 Å². The number of carbonyl (C=O) groups is 1. The third kappa shape index (κ3) is 1.89. The molecule has 0 fully saturated rings. The zero-order chi connectivity index (χ0) is 11.5. The highest BCUT2D eigenvalue weighted by atomic mass is 32.1. The molecule has 0 bridgehead atoms. The molecule has 0 spiro atoms. The summed E-state index contributed by atoms with van der Waals surface area (Å²) in [6.45, 7) is 0.0202. The topological polar surface area (TPSA) is 73.1 Å². The molecule has 2 heterocycles. The van der Waals surface area contributed by atoms with Crippen molar-refractivity contribution in [1.82, 2.24) is 14.8 Å². The largest absolute Gasteiger partial charge is 0.472 e. The molecule has 7 heteroatoms. The van der Waals surface area contributed by atoms with Crippen LogP contribution in [0.2, 0.25) is 0 Å². The number of hydrogen-bond acceptors (Lipinski definition) is 5. The molecule has 84 valence electrons. The molecule has 0 amide bonds. The Morgan fingerprint density at radius 3 is 3.19 bits per heavy atom. The Hall–Kier alpha value is -1.89. The number of hydrogen-bond donors (Lipinski definition) is 1. The molecular formula is C9H9N3O3S. The van der Waals surface area contributed by atoms with Crippen LogP contribution in [0.15, 0.2) is 23.0 Å². The first-order valence-electron chi connectivity index (χ1n) is 4.47. The molecule has 16 heavy (non-hydrogen) atoms. The lowest BCUT2D eigenvalue weighted by molar-refractivity contribution is -0.141. The summed E-state index contributed by atoms with van der Waals surface area (Å²) >= 11 is 5.02. The first-order chi connectivity index (χ1) is 7.72. The van der Waals surface area contributed by atoms with Gasteiger partial charge in [0.15, 0.2) is 10.6 Å². The minimum Gasteiger partial charge on any atom is -0.472 e. The predicted molar refractivity (Wildman–Crippen MR) is 57.1 cm³/mol. The van der Waals surface area contributed by atoms with Gasteiger partial charge in [0.05, 0.1) is 18.9 Å². The van der Waals surface area contributed by atoms with Gasteiger partial charge in [-0.1, -0.05) is 0 Å². The number of ether oxygens (including phenoxy) is 1. The molecule has 0 aromatic carbocycles. The highest BCUT2D eigenvalue weighted by Gasteiger charge is 2.12. The average molecular weight is 239 g/mol. The van der Waals surface area contributed by atoms with Crippen LogP contribution in [0.25, 0.3) is 11.4 Å². The van der Waals surface area contributed by atoms with Gasteiger partial charge in [0.25, 0.3) is 0 Å². The fourth-order valence-corrected chi connectivity index (χ4v) is 1.47. The molecule has 0 saturated heterocycles. The van der Waals surface area contributed by atoms with E-state index in [-0.39, 0.29) is 12.5 Å². The number of esters is 1. The molecule has 0 atom stereocenters. The van der Waals surface area contributed by atoms with Crippen molar-refractivity contribution in [2.24, 2.45) is 0 Å². The summed E-state index contributed by atoms with van der Waals surface area (Å²) in [7, 11) is 1.32. The van der Waals surface area contributed by atoms with E-state index in [4.69, 9.17) is 16.6 Å². The summed E-state index contributed by atoms with van der Waals surface area (Å²) in [6.07, 6.45) is 3.05. The maximum absolute atomic E-state index is 11.2. The van der Waals surface area contributed by atoms with Crippen molar-refractivity contribution < 1.29 is 13.9 Å². The minimum atomic E-state index is -0.387. The number of nitrogens with one attached hydrogen (secondary N) is 1. The number of nitrogens with zero attached hydrogens (tertiary/aromatic N) is 2. The van der Waals surface area contributed by atoms with Crippen LogP contribution in [-0.4, -0.2) is 27.8 Å². The molecule has 2 aromatic heterocycles. The molecule has 0 unspecified atom stereocenters. The zero-order valence-corrected chi connectivity index (χ0v) is 9.28. The number of methoxy groups -OCH3 is 1. The van der Waals surface area contributed by atoms with Crippen LogP contribution in [0.3, 0.4) is 0 Å². The van der Waals surface area contributed by atoms with Crippen LogP contribution in [0.1, 0.15) is 0 Å². The number of aromatic nitrogens is 3. The summed E-state index contributed by atoms with van der Waals surface area (Å²) in [5.41, 5.74) is 0.747. The van der Waals surface area contributed by atoms with Gasteiger partial charge >= 0.3 is 5.97 Å².